The second kappa shape index (κ2) is 5.02. The summed E-state index contributed by atoms with van der Waals surface area (Å²) in [5, 5.41) is 9.40. The highest BCUT2D eigenvalue weighted by atomic mass is 16.3. The zero-order valence-electron chi connectivity index (χ0n) is 11.5. The third-order valence-corrected chi connectivity index (χ3v) is 4.61. The maximum Gasteiger partial charge on any atom is 0.240 e. The smallest absolute Gasteiger partial charge is 0.240 e. The van der Waals surface area contributed by atoms with Gasteiger partial charge in [-0.1, -0.05) is 37.5 Å². The average Bonchev–Trinajstić information content (AvgIpc) is 2.71. The molecule has 2 aliphatic rings. The van der Waals surface area contributed by atoms with Gasteiger partial charge in [0.1, 0.15) is 0 Å². The Bertz CT molecular complexity index is 546. The number of aliphatic hydroxyl groups excluding tert-OH is 1. The number of nitrogens with zero attached hydrogens (tertiary/aromatic N) is 1. The Hall–Kier alpha value is -1.68. The van der Waals surface area contributed by atoms with Gasteiger partial charge in [-0.3, -0.25) is 9.59 Å². The Labute approximate surface area is 118 Å². The minimum atomic E-state index is -0.474. The number of carbonyl (C=O) groups excluding carboxylic acids is 2. The Kier molecular flexibility index (Phi) is 3.34. The van der Waals surface area contributed by atoms with E-state index in [0.717, 1.165) is 32.1 Å². The van der Waals surface area contributed by atoms with Crippen LogP contribution in [-0.4, -0.2) is 16.9 Å². The van der Waals surface area contributed by atoms with Crippen molar-refractivity contribution < 1.29 is 14.7 Å². The first-order valence-corrected chi connectivity index (χ1v) is 7.24. The summed E-state index contributed by atoms with van der Waals surface area (Å²) in [6.45, 7) is -0.166. The Morgan fingerprint density at radius 2 is 1.80 bits per heavy atom. The van der Waals surface area contributed by atoms with Gasteiger partial charge in [-0.05, 0) is 18.9 Å². The number of anilines is 1. The van der Waals surface area contributed by atoms with Crippen molar-refractivity contribution in [3.63, 3.8) is 0 Å². The predicted molar refractivity (Wildman–Crippen MR) is 75.0 cm³/mol. The van der Waals surface area contributed by atoms with Crippen molar-refractivity contribution in [3.05, 3.63) is 29.8 Å². The van der Waals surface area contributed by atoms with Crippen LogP contribution in [0.2, 0.25) is 0 Å². The topological polar surface area (TPSA) is 57.6 Å². The van der Waals surface area contributed by atoms with E-state index in [1.54, 1.807) is 24.3 Å². The number of amides is 2. The molecule has 1 heterocycles. The highest BCUT2D eigenvalue weighted by molar-refractivity contribution is 6.22. The van der Waals surface area contributed by atoms with Crippen LogP contribution in [0.5, 0.6) is 0 Å². The molecule has 3 rings (SSSR count). The van der Waals surface area contributed by atoms with Gasteiger partial charge < -0.3 is 5.11 Å². The van der Waals surface area contributed by atoms with Crippen LogP contribution in [-0.2, 0) is 16.2 Å². The number of rotatable bonds is 2. The molecule has 4 nitrogen and oxygen atoms in total. The quantitative estimate of drug-likeness (QED) is 0.842. The zero-order valence-corrected chi connectivity index (χ0v) is 11.5. The lowest BCUT2D eigenvalue weighted by atomic mass is 9.73. The molecule has 0 atom stereocenters. The molecule has 1 N–H and O–H groups in total. The molecule has 20 heavy (non-hydrogen) atoms. The lowest BCUT2D eigenvalue weighted by Gasteiger charge is -2.30. The first-order valence-electron chi connectivity index (χ1n) is 7.24. The van der Waals surface area contributed by atoms with E-state index in [1.807, 2.05) is 0 Å². The molecule has 2 fully saturated rings. The molecular weight excluding hydrogens is 254 g/mol. The van der Waals surface area contributed by atoms with Crippen molar-refractivity contribution in [2.75, 3.05) is 4.90 Å². The molecule has 0 unspecified atom stereocenters. The fourth-order valence-corrected chi connectivity index (χ4v) is 3.52. The molecule has 0 radical (unpaired) electrons. The third kappa shape index (κ3) is 1.95. The largest absolute Gasteiger partial charge is 0.392 e. The third-order valence-electron chi connectivity index (χ3n) is 4.61. The first kappa shape index (κ1) is 13.3. The second-order valence-electron chi connectivity index (χ2n) is 5.84. The summed E-state index contributed by atoms with van der Waals surface area (Å²) in [4.78, 5) is 26.4. The summed E-state index contributed by atoms with van der Waals surface area (Å²) in [6.07, 6.45) is 5.15. The van der Waals surface area contributed by atoms with Gasteiger partial charge in [-0.15, -0.1) is 0 Å². The van der Waals surface area contributed by atoms with Crippen molar-refractivity contribution in [2.24, 2.45) is 5.41 Å². The van der Waals surface area contributed by atoms with Crippen LogP contribution in [0.25, 0.3) is 0 Å². The normalized spacial score (nSPS) is 21.8. The molecule has 0 aromatic heterocycles. The molecule has 1 spiro atoms. The van der Waals surface area contributed by atoms with Gasteiger partial charge >= 0.3 is 0 Å². The number of hydrogen-bond acceptors (Lipinski definition) is 3. The van der Waals surface area contributed by atoms with Crippen molar-refractivity contribution in [1.82, 2.24) is 0 Å². The van der Waals surface area contributed by atoms with Crippen molar-refractivity contribution >= 4 is 17.5 Å². The van der Waals surface area contributed by atoms with Crippen LogP contribution >= 0.6 is 0 Å². The fourth-order valence-electron chi connectivity index (χ4n) is 3.52. The number of carbonyl (C=O) groups is 2. The Morgan fingerprint density at radius 3 is 2.50 bits per heavy atom. The van der Waals surface area contributed by atoms with Crippen LogP contribution in [0.3, 0.4) is 0 Å². The molecule has 2 amide bonds. The summed E-state index contributed by atoms with van der Waals surface area (Å²) >= 11 is 0. The van der Waals surface area contributed by atoms with E-state index in [1.165, 1.54) is 4.90 Å². The van der Waals surface area contributed by atoms with Gasteiger partial charge in [0.15, 0.2) is 0 Å². The summed E-state index contributed by atoms with van der Waals surface area (Å²) in [6, 6.07) is 7.09. The van der Waals surface area contributed by atoms with Crippen LogP contribution in [0.4, 0.5) is 5.69 Å². The van der Waals surface area contributed by atoms with E-state index in [9.17, 15) is 14.7 Å². The predicted octanol–water partition coefficient (Wildman–Crippen LogP) is 2.39. The minimum absolute atomic E-state index is 0.0666. The zero-order chi connectivity index (χ0) is 14.2. The van der Waals surface area contributed by atoms with Crippen molar-refractivity contribution in [2.45, 2.75) is 45.1 Å². The van der Waals surface area contributed by atoms with Crippen LogP contribution in [0.1, 0.15) is 44.1 Å². The van der Waals surface area contributed by atoms with E-state index in [2.05, 4.69) is 0 Å². The summed E-state index contributed by atoms with van der Waals surface area (Å²) in [5.41, 5.74) is 0.701. The van der Waals surface area contributed by atoms with Crippen LogP contribution in [0.15, 0.2) is 24.3 Å². The second-order valence-corrected chi connectivity index (χ2v) is 5.84. The lowest BCUT2D eigenvalue weighted by molar-refractivity contribution is -0.127. The molecule has 1 aliphatic heterocycles. The maximum absolute atomic E-state index is 12.8. The van der Waals surface area contributed by atoms with Gasteiger partial charge in [0.25, 0.3) is 0 Å². The van der Waals surface area contributed by atoms with Gasteiger partial charge in [-0.25, -0.2) is 4.90 Å². The molecule has 1 saturated heterocycles. The number of para-hydroxylation sites is 1. The van der Waals surface area contributed by atoms with E-state index < -0.39 is 5.41 Å². The summed E-state index contributed by atoms with van der Waals surface area (Å²) in [7, 11) is 0. The number of aliphatic hydroxyl groups is 1. The number of hydrogen-bond donors (Lipinski definition) is 1. The van der Waals surface area contributed by atoms with E-state index >= 15 is 0 Å². The molecule has 0 bridgehead atoms. The number of benzene rings is 1. The van der Waals surface area contributed by atoms with E-state index in [4.69, 9.17) is 0 Å². The van der Waals surface area contributed by atoms with Gasteiger partial charge in [-0.2, -0.15) is 0 Å². The molecule has 1 aromatic rings. The summed E-state index contributed by atoms with van der Waals surface area (Å²) < 4.78 is 0. The Balaban J connectivity index is 1.98. The molecule has 1 aromatic carbocycles. The van der Waals surface area contributed by atoms with Gasteiger partial charge in [0.2, 0.25) is 11.8 Å². The lowest BCUT2D eigenvalue weighted by Crippen LogP contribution is -2.37. The maximum atomic E-state index is 12.8. The van der Waals surface area contributed by atoms with E-state index in [0.29, 0.717) is 17.7 Å². The fraction of sp³-hybridized carbons (Fsp3) is 0.500. The monoisotopic (exact) mass is 273 g/mol. The number of imide groups is 1. The van der Waals surface area contributed by atoms with Crippen molar-refractivity contribution in [1.29, 1.82) is 0 Å². The SMILES string of the molecule is O=C1CC2(CCCCC2)C(=O)N1c1ccccc1CO. The first-order chi connectivity index (χ1) is 9.68. The van der Waals surface area contributed by atoms with Crippen LogP contribution < -0.4 is 4.90 Å². The minimum Gasteiger partial charge on any atom is -0.392 e. The van der Waals surface area contributed by atoms with Gasteiger partial charge in [0.05, 0.1) is 17.7 Å². The summed E-state index contributed by atoms with van der Waals surface area (Å²) in [5.74, 6) is -0.194. The molecule has 1 aliphatic carbocycles. The highest BCUT2D eigenvalue weighted by Gasteiger charge is 2.52. The van der Waals surface area contributed by atoms with E-state index in [-0.39, 0.29) is 18.4 Å². The van der Waals surface area contributed by atoms with Crippen LogP contribution in [0, 0.1) is 5.41 Å². The molecule has 106 valence electrons. The molecule has 4 heteroatoms. The van der Waals surface area contributed by atoms with Crippen molar-refractivity contribution in [3.8, 4) is 0 Å². The average molecular weight is 273 g/mol. The molecular formula is C16H19NO3. The Morgan fingerprint density at radius 1 is 1.10 bits per heavy atom. The molecule has 1 saturated carbocycles. The highest BCUT2D eigenvalue weighted by Crippen LogP contribution is 2.46. The standard InChI is InChI=1S/C16H19NO3/c18-11-12-6-2-3-7-13(12)17-14(19)10-16(15(17)20)8-4-1-5-9-16/h2-3,6-7,18H,1,4-5,8-11H2. The van der Waals surface area contributed by atoms with Gasteiger partial charge in [0, 0.05) is 12.0 Å².